The third-order valence-corrected chi connectivity index (χ3v) is 5.15. The van der Waals surface area contributed by atoms with Gasteiger partial charge in [-0.3, -0.25) is 0 Å². The van der Waals surface area contributed by atoms with Crippen LogP contribution in [0.2, 0.25) is 0 Å². The largest absolute Gasteiger partial charge is 0.236 e. The van der Waals surface area contributed by atoms with Gasteiger partial charge in [0.25, 0.3) is 0 Å². The van der Waals surface area contributed by atoms with Crippen LogP contribution in [0.3, 0.4) is 0 Å². The minimum Gasteiger partial charge on any atom is -0.208 e. The lowest BCUT2D eigenvalue weighted by Gasteiger charge is -2.27. The molecule has 0 aromatic heterocycles. The standard InChI is InChI=1S/C18H21NO2S/c1-3-22(20,21)19(15-18-12-8-5-9-13-18)16(2)14-17-10-6-4-7-11-17/h3-13,16H,1,14-15H2,2H3. The van der Waals surface area contributed by atoms with Crippen molar-refractivity contribution in [1.29, 1.82) is 0 Å². The van der Waals surface area contributed by atoms with Gasteiger partial charge in [-0.1, -0.05) is 67.2 Å². The maximum atomic E-state index is 12.3. The highest BCUT2D eigenvalue weighted by Crippen LogP contribution is 2.17. The summed E-state index contributed by atoms with van der Waals surface area (Å²) in [5.74, 6) is 0. The average molecular weight is 315 g/mol. The van der Waals surface area contributed by atoms with Gasteiger partial charge in [0.15, 0.2) is 0 Å². The normalized spacial score (nSPS) is 13.0. The molecule has 0 fully saturated rings. The minimum atomic E-state index is -3.48. The number of hydrogen-bond acceptors (Lipinski definition) is 2. The molecule has 0 spiro atoms. The molecule has 0 saturated carbocycles. The molecule has 1 unspecified atom stereocenters. The molecule has 0 radical (unpaired) electrons. The number of nitrogens with zero attached hydrogens (tertiary/aromatic N) is 1. The summed E-state index contributed by atoms with van der Waals surface area (Å²) in [6.07, 6.45) is 0.667. The summed E-state index contributed by atoms with van der Waals surface area (Å²) in [4.78, 5) is 0. The van der Waals surface area contributed by atoms with Crippen LogP contribution in [0.5, 0.6) is 0 Å². The Bertz CT molecular complexity index is 696. The Morgan fingerprint density at radius 3 is 2.00 bits per heavy atom. The molecule has 4 heteroatoms. The van der Waals surface area contributed by atoms with Gasteiger partial charge in [-0.25, -0.2) is 8.42 Å². The molecule has 2 aromatic rings. The van der Waals surface area contributed by atoms with Crippen LogP contribution in [0, 0.1) is 0 Å². The van der Waals surface area contributed by atoms with Crippen LogP contribution in [0.15, 0.2) is 72.7 Å². The van der Waals surface area contributed by atoms with Crippen LogP contribution in [0.4, 0.5) is 0 Å². The van der Waals surface area contributed by atoms with Crippen molar-refractivity contribution < 1.29 is 8.42 Å². The quantitative estimate of drug-likeness (QED) is 0.783. The van der Waals surface area contributed by atoms with Crippen molar-refractivity contribution in [1.82, 2.24) is 4.31 Å². The van der Waals surface area contributed by atoms with E-state index in [1.54, 1.807) is 0 Å². The first-order valence-corrected chi connectivity index (χ1v) is 8.75. The van der Waals surface area contributed by atoms with Gasteiger partial charge in [0.05, 0.1) is 0 Å². The Balaban J connectivity index is 2.22. The molecule has 1 atom stereocenters. The van der Waals surface area contributed by atoms with Gasteiger partial charge >= 0.3 is 0 Å². The summed E-state index contributed by atoms with van der Waals surface area (Å²) in [5.41, 5.74) is 2.08. The highest BCUT2D eigenvalue weighted by molar-refractivity contribution is 7.92. The molecule has 116 valence electrons. The second kappa shape index (κ2) is 7.38. The Morgan fingerprint density at radius 2 is 1.50 bits per heavy atom. The molecule has 0 aliphatic carbocycles. The summed E-state index contributed by atoms with van der Waals surface area (Å²) < 4.78 is 26.2. The van der Waals surface area contributed by atoms with E-state index in [9.17, 15) is 8.42 Å². The Labute approximate surface area is 133 Å². The molecule has 0 amide bonds. The predicted molar refractivity (Wildman–Crippen MR) is 90.7 cm³/mol. The zero-order valence-corrected chi connectivity index (χ0v) is 13.5. The molecule has 2 aromatic carbocycles. The van der Waals surface area contributed by atoms with Crippen molar-refractivity contribution in [2.75, 3.05) is 0 Å². The lowest BCUT2D eigenvalue weighted by atomic mass is 10.1. The Kier molecular flexibility index (Phi) is 5.52. The molecule has 0 aliphatic rings. The topological polar surface area (TPSA) is 37.4 Å². The fourth-order valence-corrected chi connectivity index (χ4v) is 3.51. The molecule has 0 bridgehead atoms. The molecular formula is C18H21NO2S. The smallest absolute Gasteiger partial charge is 0.208 e. The zero-order chi connectivity index (χ0) is 16.0. The molecule has 0 aliphatic heterocycles. The van der Waals surface area contributed by atoms with E-state index in [2.05, 4.69) is 6.58 Å². The Morgan fingerprint density at radius 1 is 1.00 bits per heavy atom. The summed E-state index contributed by atoms with van der Waals surface area (Å²) in [5, 5.41) is 1.03. The molecule has 3 nitrogen and oxygen atoms in total. The van der Waals surface area contributed by atoms with Gasteiger partial charge in [0.1, 0.15) is 0 Å². The van der Waals surface area contributed by atoms with E-state index in [1.807, 2.05) is 67.6 Å². The summed E-state index contributed by atoms with van der Waals surface area (Å²) >= 11 is 0. The maximum Gasteiger partial charge on any atom is 0.236 e. The van der Waals surface area contributed by atoms with E-state index >= 15 is 0 Å². The van der Waals surface area contributed by atoms with Crippen LogP contribution in [0.25, 0.3) is 0 Å². The second-order valence-corrected chi connectivity index (χ2v) is 7.11. The Hall–Kier alpha value is -1.91. The average Bonchev–Trinajstić information content (AvgIpc) is 2.54. The summed E-state index contributed by atoms with van der Waals surface area (Å²) in [7, 11) is -3.48. The number of benzene rings is 2. The van der Waals surface area contributed by atoms with E-state index in [1.165, 1.54) is 4.31 Å². The van der Waals surface area contributed by atoms with Crippen LogP contribution in [-0.4, -0.2) is 18.8 Å². The fourth-order valence-electron chi connectivity index (χ4n) is 2.41. The van der Waals surface area contributed by atoms with Gasteiger partial charge < -0.3 is 0 Å². The summed E-state index contributed by atoms with van der Waals surface area (Å²) in [6, 6.07) is 19.4. The third kappa shape index (κ3) is 4.29. The van der Waals surface area contributed by atoms with E-state index in [0.29, 0.717) is 13.0 Å². The van der Waals surface area contributed by atoms with Crippen molar-refractivity contribution in [2.24, 2.45) is 0 Å². The van der Waals surface area contributed by atoms with Crippen LogP contribution >= 0.6 is 0 Å². The molecule has 0 heterocycles. The highest BCUT2D eigenvalue weighted by Gasteiger charge is 2.25. The van der Waals surface area contributed by atoms with Gasteiger partial charge in [-0.2, -0.15) is 4.31 Å². The van der Waals surface area contributed by atoms with E-state index < -0.39 is 10.0 Å². The first kappa shape index (κ1) is 16.5. The van der Waals surface area contributed by atoms with E-state index in [0.717, 1.165) is 16.5 Å². The monoisotopic (exact) mass is 315 g/mol. The predicted octanol–water partition coefficient (Wildman–Crippen LogP) is 3.59. The number of hydrogen-bond donors (Lipinski definition) is 0. The SMILES string of the molecule is C=CS(=O)(=O)N(Cc1ccccc1)C(C)Cc1ccccc1. The molecule has 0 saturated heterocycles. The minimum absolute atomic E-state index is 0.148. The lowest BCUT2D eigenvalue weighted by Crippen LogP contribution is -2.38. The first-order chi connectivity index (χ1) is 10.5. The van der Waals surface area contributed by atoms with Crippen molar-refractivity contribution in [3.05, 3.63) is 83.8 Å². The number of rotatable bonds is 7. The third-order valence-electron chi connectivity index (χ3n) is 3.58. The fraction of sp³-hybridized carbons (Fsp3) is 0.222. The van der Waals surface area contributed by atoms with Gasteiger partial charge in [0.2, 0.25) is 10.0 Å². The van der Waals surface area contributed by atoms with Crippen molar-refractivity contribution in [3.63, 3.8) is 0 Å². The van der Waals surface area contributed by atoms with Gasteiger partial charge in [-0.05, 0) is 24.5 Å². The molecular weight excluding hydrogens is 294 g/mol. The molecule has 2 rings (SSSR count). The van der Waals surface area contributed by atoms with Crippen molar-refractivity contribution in [2.45, 2.75) is 25.9 Å². The van der Waals surface area contributed by atoms with Crippen LogP contribution in [0.1, 0.15) is 18.1 Å². The van der Waals surface area contributed by atoms with E-state index in [4.69, 9.17) is 0 Å². The van der Waals surface area contributed by atoms with Crippen molar-refractivity contribution >= 4 is 10.0 Å². The zero-order valence-electron chi connectivity index (χ0n) is 12.7. The lowest BCUT2D eigenvalue weighted by molar-refractivity contribution is 0.332. The molecule has 22 heavy (non-hydrogen) atoms. The van der Waals surface area contributed by atoms with Crippen molar-refractivity contribution in [3.8, 4) is 0 Å². The van der Waals surface area contributed by atoms with Crippen LogP contribution < -0.4 is 0 Å². The summed E-state index contributed by atoms with van der Waals surface area (Å²) in [6.45, 7) is 5.73. The molecule has 0 N–H and O–H groups in total. The highest BCUT2D eigenvalue weighted by atomic mass is 32.2. The number of sulfonamides is 1. The second-order valence-electron chi connectivity index (χ2n) is 5.28. The first-order valence-electron chi connectivity index (χ1n) is 7.25. The van der Waals surface area contributed by atoms with Crippen LogP contribution in [-0.2, 0) is 23.0 Å². The van der Waals surface area contributed by atoms with Gasteiger partial charge in [-0.15, -0.1) is 0 Å². The van der Waals surface area contributed by atoms with Gasteiger partial charge in [0, 0.05) is 18.0 Å². The van der Waals surface area contributed by atoms with E-state index in [-0.39, 0.29) is 6.04 Å². The maximum absolute atomic E-state index is 12.3.